The number of carbonyl (C=O) groups excluding carboxylic acids is 2. The van der Waals surface area contributed by atoms with E-state index in [-0.39, 0.29) is 12.4 Å². The number of carboxylic acid groups (broad SMARTS) is 1. The Balaban J connectivity index is 3.63. The van der Waals surface area contributed by atoms with Crippen molar-refractivity contribution >= 4 is 11.9 Å². The van der Waals surface area contributed by atoms with Gasteiger partial charge in [0.05, 0.1) is 21.1 Å². The summed E-state index contributed by atoms with van der Waals surface area (Å²) in [6, 6.07) is 0. The SMILES string of the molecule is CCCCCCCCCCCC[13CH2][13CH2][13CH2][13C](=O)OC(CC(=O)[O-])C[N+](C)(C)C. The Morgan fingerprint density at radius 1 is 0.786 bits per heavy atom. The fourth-order valence-corrected chi connectivity index (χ4v) is 3.47. The molecule has 0 rings (SSSR count). The highest BCUT2D eigenvalue weighted by atomic mass is 16.6. The van der Waals surface area contributed by atoms with Crippen molar-refractivity contribution in [3.63, 3.8) is 0 Å². The van der Waals surface area contributed by atoms with Crippen molar-refractivity contribution in [3.05, 3.63) is 0 Å². The molecule has 0 aromatic carbocycles. The fraction of sp³-hybridized carbons (Fsp3) is 0.913. The van der Waals surface area contributed by atoms with Crippen LogP contribution in [-0.4, -0.2) is 50.2 Å². The van der Waals surface area contributed by atoms with Crippen molar-refractivity contribution in [2.45, 2.75) is 109 Å². The molecule has 0 heterocycles. The van der Waals surface area contributed by atoms with Crippen LogP contribution in [0.15, 0.2) is 0 Å². The average molecular weight is 404 g/mol. The Morgan fingerprint density at radius 3 is 1.61 bits per heavy atom. The Labute approximate surface area is 173 Å². The number of carbonyl (C=O) groups is 2. The van der Waals surface area contributed by atoms with Gasteiger partial charge in [-0.2, -0.15) is 0 Å². The second-order valence-corrected chi connectivity index (χ2v) is 9.15. The molecule has 5 nitrogen and oxygen atoms in total. The van der Waals surface area contributed by atoms with Crippen molar-refractivity contribution in [2.24, 2.45) is 0 Å². The molecule has 0 saturated heterocycles. The maximum atomic E-state index is 12.0. The van der Waals surface area contributed by atoms with Gasteiger partial charge < -0.3 is 19.1 Å². The van der Waals surface area contributed by atoms with Crippen LogP contribution in [0.3, 0.4) is 0 Å². The van der Waals surface area contributed by atoms with Crippen LogP contribution in [0, 0.1) is 0 Å². The van der Waals surface area contributed by atoms with Crippen molar-refractivity contribution in [3.8, 4) is 0 Å². The molecule has 0 aliphatic rings. The highest BCUT2D eigenvalue weighted by molar-refractivity contribution is 5.70. The van der Waals surface area contributed by atoms with Gasteiger partial charge >= 0.3 is 5.97 Å². The molecule has 166 valence electrons. The lowest BCUT2D eigenvalue weighted by Gasteiger charge is -2.29. The van der Waals surface area contributed by atoms with Crippen LogP contribution < -0.4 is 5.11 Å². The number of hydrogen-bond acceptors (Lipinski definition) is 4. The summed E-state index contributed by atoms with van der Waals surface area (Å²) in [5.41, 5.74) is 0. The normalized spacial score (nSPS) is 12.7. The Hall–Kier alpha value is -1.10. The topological polar surface area (TPSA) is 66.4 Å². The maximum Gasteiger partial charge on any atom is 0.306 e. The first-order chi connectivity index (χ1) is 13.2. The summed E-state index contributed by atoms with van der Waals surface area (Å²) < 4.78 is 5.91. The number of rotatable bonds is 19. The molecule has 28 heavy (non-hydrogen) atoms. The zero-order valence-corrected chi connectivity index (χ0v) is 19.0. The van der Waals surface area contributed by atoms with Gasteiger partial charge in [0.2, 0.25) is 0 Å². The first kappa shape index (κ1) is 26.9. The van der Waals surface area contributed by atoms with Crippen LogP contribution in [0.5, 0.6) is 0 Å². The lowest BCUT2D eigenvalue weighted by atomic mass is 10.1. The number of hydrogen-bond donors (Lipinski definition) is 0. The summed E-state index contributed by atoms with van der Waals surface area (Å²) in [5.74, 6) is -1.46. The molecule has 0 spiro atoms. The van der Waals surface area contributed by atoms with E-state index in [1.807, 2.05) is 21.1 Å². The number of aliphatic carboxylic acids is 1. The van der Waals surface area contributed by atoms with Crippen molar-refractivity contribution in [1.29, 1.82) is 0 Å². The zero-order valence-electron chi connectivity index (χ0n) is 19.0. The molecule has 5 heteroatoms. The van der Waals surface area contributed by atoms with E-state index < -0.39 is 12.1 Å². The van der Waals surface area contributed by atoms with Gasteiger partial charge in [-0.25, -0.2) is 0 Å². The summed E-state index contributed by atoms with van der Waals surface area (Å²) >= 11 is 0. The summed E-state index contributed by atoms with van der Waals surface area (Å²) in [4.78, 5) is 22.8. The van der Waals surface area contributed by atoms with Crippen LogP contribution in [0.2, 0.25) is 0 Å². The molecular formula is C23H45NO4. The lowest BCUT2D eigenvalue weighted by Crippen LogP contribution is -2.45. The van der Waals surface area contributed by atoms with E-state index in [9.17, 15) is 14.7 Å². The molecule has 0 fully saturated rings. The van der Waals surface area contributed by atoms with Crippen molar-refractivity contribution < 1.29 is 23.9 Å². The van der Waals surface area contributed by atoms with Gasteiger partial charge in [0, 0.05) is 18.8 Å². The smallest absolute Gasteiger partial charge is 0.306 e. The van der Waals surface area contributed by atoms with Crippen molar-refractivity contribution in [2.75, 3.05) is 27.7 Å². The summed E-state index contributed by atoms with van der Waals surface area (Å²) in [6.45, 7) is 2.72. The minimum atomic E-state index is -1.17. The highest BCUT2D eigenvalue weighted by Crippen LogP contribution is 2.13. The monoisotopic (exact) mass is 403 g/mol. The van der Waals surface area contributed by atoms with Crippen LogP contribution in [0.1, 0.15) is 103 Å². The van der Waals surface area contributed by atoms with Gasteiger partial charge in [0.15, 0.2) is 6.10 Å². The first-order valence-corrected chi connectivity index (χ1v) is 11.4. The molecule has 0 N–H and O–H groups in total. The molecule has 1 unspecified atom stereocenters. The summed E-state index contributed by atoms with van der Waals surface area (Å²) in [5, 5.41) is 10.9. The van der Waals surface area contributed by atoms with Gasteiger partial charge in [-0.05, 0) is 6.42 Å². The van der Waals surface area contributed by atoms with E-state index in [1.54, 1.807) is 0 Å². The third kappa shape index (κ3) is 19.7. The molecule has 0 aliphatic heterocycles. The van der Waals surface area contributed by atoms with E-state index in [1.165, 1.54) is 64.2 Å². The predicted octanol–water partition coefficient (Wildman–Crippen LogP) is 4.23. The highest BCUT2D eigenvalue weighted by Gasteiger charge is 2.22. The zero-order chi connectivity index (χ0) is 21.3. The third-order valence-electron chi connectivity index (χ3n) is 4.93. The van der Waals surface area contributed by atoms with Crippen LogP contribution in [0.25, 0.3) is 0 Å². The van der Waals surface area contributed by atoms with Crippen LogP contribution in [-0.2, 0) is 14.3 Å². The van der Waals surface area contributed by atoms with Gasteiger partial charge in [-0.3, -0.25) is 4.79 Å². The van der Waals surface area contributed by atoms with Gasteiger partial charge in [0.1, 0.15) is 6.54 Å². The lowest BCUT2D eigenvalue weighted by molar-refractivity contribution is -0.873. The molecule has 0 bridgehead atoms. The fourth-order valence-electron chi connectivity index (χ4n) is 3.47. The van der Waals surface area contributed by atoms with Gasteiger partial charge in [-0.1, -0.05) is 84.0 Å². The van der Waals surface area contributed by atoms with E-state index in [2.05, 4.69) is 6.92 Å². The van der Waals surface area contributed by atoms with Gasteiger partial charge in [-0.15, -0.1) is 0 Å². The van der Waals surface area contributed by atoms with Crippen LogP contribution >= 0.6 is 0 Å². The molecule has 0 aromatic rings. The largest absolute Gasteiger partial charge is 0.550 e. The Kier molecular flexibility index (Phi) is 16.2. The second-order valence-electron chi connectivity index (χ2n) is 9.15. The summed E-state index contributed by atoms with van der Waals surface area (Å²) in [6.07, 6.45) is 16.0. The minimum absolute atomic E-state index is 0.236. The summed E-state index contributed by atoms with van der Waals surface area (Å²) in [7, 11) is 5.84. The third-order valence-corrected chi connectivity index (χ3v) is 4.93. The number of unbranched alkanes of at least 4 members (excludes halogenated alkanes) is 12. The second kappa shape index (κ2) is 16.8. The molecule has 0 aliphatic carbocycles. The van der Waals surface area contributed by atoms with E-state index in [0.29, 0.717) is 17.4 Å². The molecule has 1 atom stereocenters. The quantitative estimate of drug-likeness (QED) is 0.140. The predicted molar refractivity (Wildman–Crippen MR) is 113 cm³/mol. The van der Waals surface area contributed by atoms with Crippen molar-refractivity contribution in [1.82, 2.24) is 0 Å². The number of likely N-dealkylation sites (N-methyl/N-ethyl adjacent to an activating group) is 1. The van der Waals surface area contributed by atoms with Crippen LogP contribution in [0.4, 0.5) is 0 Å². The first-order valence-electron chi connectivity index (χ1n) is 11.4. The Bertz CT molecular complexity index is 404. The number of nitrogens with zero attached hydrogens (tertiary/aromatic N) is 1. The molecule has 0 amide bonds. The van der Waals surface area contributed by atoms with E-state index >= 15 is 0 Å². The minimum Gasteiger partial charge on any atom is -0.550 e. The standard InChI is InChI=1S/C23H45NO4/c1-5-6-7-8-9-10-11-12-13-14-15-16-17-18-23(27)28-21(19-22(25)26)20-24(2,3)4/h21H,5-20H2,1-4H3/i16+1,17+1,18+1,23+1. The maximum absolute atomic E-state index is 12.0. The number of quaternary nitrogens is 1. The number of carboxylic acids is 1. The number of ether oxygens (including phenoxy) is 1. The average Bonchev–Trinajstić information content (AvgIpc) is 2.56. The molecule has 0 saturated carbocycles. The van der Waals surface area contributed by atoms with E-state index in [4.69, 9.17) is 4.74 Å². The number of esters is 1. The van der Waals surface area contributed by atoms with E-state index in [0.717, 1.165) is 19.3 Å². The molecular weight excluding hydrogens is 358 g/mol. The Morgan fingerprint density at radius 2 is 1.21 bits per heavy atom. The van der Waals surface area contributed by atoms with Gasteiger partial charge in [0.25, 0.3) is 0 Å². The molecule has 0 radical (unpaired) electrons. The molecule has 0 aromatic heterocycles.